The highest BCUT2D eigenvalue weighted by Gasteiger charge is 2.11. The van der Waals surface area contributed by atoms with Crippen molar-refractivity contribution in [1.82, 2.24) is 9.97 Å². The fourth-order valence-electron chi connectivity index (χ4n) is 1.37. The van der Waals surface area contributed by atoms with Gasteiger partial charge in [-0.1, -0.05) is 0 Å². The van der Waals surface area contributed by atoms with Crippen molar-refractivity contribution in [3.63, 3.8) is 0 Å². The molecule has 0 saturated heterocycles. The van der Waals surface area contributed by atoms with Gasteiger partial charge in [0.25, 0.3) is 0 Å². The molecule has 7 heteroatoms. The van der Waals surface area contributed by atoms with Gasteiger partial charge in [0.2, 0.25) is 5.82 Å². The number of esters is 2. The van der Waals surface area contributed by atoms with E-state index in [2.05, 4.69) is 20.0 Å². The van der Waals surface area contributed by atoms with E-state index < -0.39 is 5.97 Å². The van der Waals surface area contributed by atoms with Crippen molar-refractivity contribution in [2.45, 2.75) is 20.3 Å². The van der Waals surface area contributed by atoms with E-state index in [1.54, 1.807) is 19.9 Å². The zero-order valence-electron chi connectivity index (χ0n) is 11.2. The molecule has 0 aliphatic heterocycles. The summed E-state index contributed by atoms with van der Waals surface area (Å²) in [4.78, 5) is 30.4. The average molecular weight is 267 g/mol. The molecule has 0 aliphatic rings. The first-order valence-corrected chi connectivity index (χ1v) is 5.90. The fraction of sp³-hybridized carbons (Fsp3) is 0.500. The Morgan fingerprint density at radius 3 is 2.74 bits per heavy atom. The highest BCUT2D eigenvalue weighted by molar-refractivity contribution is 5.85. The van der Waals surface area contributed by atoms with Crippen LogP contribution in [-0.2, 0) is 14.3 Å². The number of hydrogen-bond acceptors (Lipinski definition) is 7. The van der Waals surface area contributed by atoms with Gasteiger partial charge in [-0.05, 0) is 13.8 Å². The standard InChI is InChI=1S/C12H17N3O4/c1-4-19-10(16)5-6-13-9-7-8(2)14-11(15-9)12(17)18-3/h7H,4-6H2,1-3H3,(H,13,14,15). The molecule has 1 rings (SSSR count). The number of hydrogen-bond donors (Lipinski definition) is 1. The van der Waals surface area contributed by atoms with Crippen molar-refractivity contribution < 1.29 is 19.1 Å². The van der Waals surface area contributed by atoms with Gasteiger partial charge in [-0.25, -0.2) is 14.8 Å². The molecule has 0 unspecified atom stereocenters. The molecule has 0 atom stereocenters. The van der Waals surface area contributed by atoms with Crippen LogP contribution in [0.25, 0.3) is 0 Å². The maximum Gasteiger partial charge on any atom is 0.376 e. The van der Waals surface area contributed by atoms with Gasteiger partial charge < -0.3 is 14.8 Å². The summed E-state index contributed by atoms with van der Waals surface area (Å²) >= 11 is 0. The van der Waals surface area contributed by atoms with Crippen LogP contribution in [0.5, 0.6) is 0 Å². The lowest BCUT2D eigenvalue weighted by Crippen LogP contribution is -2.14. The average Bonchev–Trinajstić information content (AvgIpc) is 2.37. The summed E-state index contributed by atoms with van der Waals surface area (Å²) in [7, 11) is 1.27. The lowest BCUT2D eigenvalue weighted by molar-refractivity contribution is -0.142. The number of rotatable bonds is 6. The van der Waals surface area contributed by atoms with Crippen molar-refractivity contribution in [2.75, 3.05) is 25.6 Å². The van der Waals surface area contributed by atoms with Crippen LogP contribution in [0.1, 0.15) is 29.7 Å². The van der Waals surface area contributed by atoms with Gasteiger partial charge in [-0.2, -0.15) is 0 Å². The number of nitrogens with one attached hydrogen (secondary N) is 1. The van der Waals surface area contributed by atoms with Crippen LogP contribution in [0.2, 0.25) is 0 Å². The Morgan fingerprint density at radius 1 is 1.37 bits per heavy atom. The molecule has 0 spiro atoms. The lowest BCUT2D eigenvalue weighted by atomic mass is 10.4. The number of carbonyl (C=O) groups is 2. The second-order valence-corrected chi connectivity index (χ2v) is 3.69. The minimum Gasteiger partial charge on any atom is -0.466 e. The summed E-state index contributed by atoms with van der Waals surface area (Å²) in [6.45, 7) is 4.22. The van der Waals surface area contributed by atoms with E-state index in [1.165, 1.54) is 7.11 Å². The van der Waals surface area contributed by atoms with Gasteiger partial charge in [0.1, 0.15) is 5.82 Å². The molecule has 0 aromatic carbocycles. The molecule has 0 radical (unpaired) electrons. The Labute approximate surface area is 111 Å². The monoisotopic (exact) mass is 267 g/mol. The molecule has 0 saturated carbocycles. The molecule has 19 heavy (non-hydrogen) atoms. The lowest BCUT2D eigenvalue weighted by Gasteiger charge is -2.07. The largest absolute Gasteiger partial charge is 0.466 e. The first kappa shape index (κ1) is 14.9. The van der Waals surface area contributed by atoms with Crippen LogP contribution in [0.3, 0.4) is 0 Å². The van der Waals surface area contributed by atoms with E-state index >= 15 is 0 Å². The van der Waals surface area contributed by atoms with E-state index in [9.17, 15) is 9.59 Å². The highest BCUT2D eigenvalue weighted by Crippen LogP contribution is 2.07. The van der Waals surface area contributed by atoms with Crippen molar-refractivity contribution in [2.24, 2.45) is 0 Å². The molecule has 1 N–H and O–H groups in total. The summed E-state index contributed by atoms with van der Waals surface area (Å²) in [6, 6.07) is 1.68. The van der Waals surface area contributed by atoms with E-state index in [-0.39, 0.29) is 18.2 Å². The molecular formula is C12H17N3O4. The molecule has 0 amide bonds. The van der Waals surface area contributed by atoms with E-state index in [0.29, 0.717) is 24.7 Å². The maximum atomic E-state index is 11.3. The maximum absolute atomic E-state index is 11.3. The summed E-state index contributed by atoms with van der Waals surface area (Å²) in [5, 5.41) is 2.93. The summed E-state index contributed by atoms with van der Waals surface area (Å²) in [6.07, 6.45) is 0.227. The van der Waals surface area contributed by atoms with Gasteiger partial charge in [-0.15, -0.1) is 0 Å². The minimum atomic E-state index is -0.600. The van der Waals surface area contributed by atoms with Gasteiger partial charge in [0.15, 0.2) is 0 Å². The highest BCUT2D eigenvalue weighted by atomic mass is 16.5. The third-order valence-electron chi connectivity index (χ3n) is 2.16. The van der Waals surface area contributed by atoms with Crippen LogP contribution in [0, 0.1) is 6.92 Å². The third-order valence-corrected chi connectivity index (χ3v) is 2.16. The van der Waals surface area contributed by atoms with Gasteiger partial charge in [0.05, 0.1) is 20.1 Å². The summed E-state index contributed by atoms with van der Waals surface area (Å²) in [5.41, 5.74) is 0.633. The molecule has 1 heterocycles. The van der Waals surface area contributed by atoms with E-state index in [4.69, 9.17) is 4.74 Å². The number of ether oxygens (including phenoxy) is 2. The van der Waals surface area contributed by atoms with Crippen molar-refractivity contribution in [3.05, 3.63) is 17.6 Å². The zero-order valence-corrected chi connectivity index (χ0v) is 11.2. The van der Waals surface area contributed by atoms with Crippen LogP contribution < -0.4 is 5.32 Å². The van der Waals surface area contributed by atoms with Gasteiger partial charge >= 0.3 is 11.9 Å². The quantitative estimate of drug-likeness (QED) is 0.767. The third kappa shape index (κ3) is 4.90. The Hall–Kier alpha value is -2.18. The smallest absolute Gasteiger partial charge is 0.376 e. The first-order chi connectivity index (χ1) is 9.06. The Balaban J connectivity index is 2.61. The SMILES string of the molecule is CCOC(=O)CCNc1cc(C)nc(C(=O)OC)n1. The number of anilines is 1. The molecule has 0 bridgehead atoms. The molecular weight excluding hydrogens is 250 g/mol. The minimum absolute atomic E-state index is 0.0128. The Morgan fingerprint density at radius 2 is 2.11 bits per heavy atom. The zero-order chi connectivity index (χ0) is 14.3. The number of carbonyl (C=O) groups excluding carboxylic acids is 2. The van der Waals surface area contributed by atoms with Gasteiger partial charge in [-0.3, -0.25) is 4.79 Å². The number of aryl methyl sites for hydroxylation is 1. The molecule has 1 aromatic heterocycles. The molecule has 1 aromatic rings. The van der Waals surface area contributed by atoms with Gasteiger partial charge in [0, 0.05) is 18.3 Å². The molecule has 0 aliphatic carbocycles. The van der Waals surface area contributed by atoms with Crippen molar-refractivity contribution >= 4 is 17.8 Å². The molecule has 104 valence electrons. The Kier molecular flexibility index (Phi) is 5.72. The summed E-state index contributed by atoms with van der Waals surface area (Å²) < 4.78 is 9.35. The first-order valence-electron chi connectivity index (χ1n) is 5.90. The second kappa shape index (κ2) is 7.30. The van der Waals surface area contributed by atoms with E-state index in [0.717, 1.165) is 0 Å². The number of nitrogens with zero attached hydrogens (tertiary/aromatic N) is 2. The number of methoxy groups -OCH3 is 1. The topological polar surface area (TPSA) is 90.4 Å². The van der Waals surface area contributed by atoms with Crippen molar-refractivity contribution in [3.8, 4) is 0 Å². The molecule has 0 fully saturated rings. The van der Waals surface area contributed by atoms with Crippen LogP contribution in [0.4, 0.5) is 5.82 Å². The van der Waals surface area contributed by atoms with Crippen LogP contribution >= 0.6 is 0 Å². The fourth-order valence-corrected chi connectivity index (χ4v) is 1.37. The van der Waals surface area contributed by atoms with Crippen molar-refractivity contribution in [1.29, 1.82) is 0 Å². The predicted octanol–water partition coefficient (Wildman–Crippen LogP) is 0.937. The normalized spacial score (nSPS) is 9.84. The molecule has 7 nitrogen and oxygen atoms in total. The predicted molar refractivity (Wildman–Crippen MR) is 67.8 cm³/mol. The van der Waals surface area contributed by atoms with Crippen LogP contribution in [0.15, 0.2) is 6.07 Å². The summed E-state index contributed by atoms with van der Waals surface area (Å²) in [5.74, 6) is -0.426. The Bertz CT molecular complexity index is 462. The van der Waals surface area contributed by atoms with E-state index in [1.807, 2.05) is 0 Å². The van der Waals surface area contributed by atoms with Crippen LogP contribution in [-0.4, -0.2) is 42.2 Å². The second-order valence-electron chi connectivity index (χ2n) is 3.69. The number of aromatic nitrogens is 2.